The molecule has 0 radical (unpaired) electrons. The summed E-state index contributed by atoms with van der Waals surface area (Å²) in [7, 11) is 1.36. The Morgan fingerprint density at radius 2 is 1.78 bits per heavy atom. The second-order valence-electron chi connectivity index (χ2n) is 1.16. The van der Waals surface area contributed by atoms with E-state index in [0.29, 0.717) is 6.42 Å². The van der Waals surface area contributed by atoms with Crippen LogP contribution in [0.4, 0.5) is 13.2 Å². The van der Waals surface area contributed by atoms with Crippen LogP contribution in [0.15, 0.2) is 0 Å². The molecule has 1 atom stereocenters. The van der Waals surface area contributed by atoms with Crippen LogP contribution in [0.5, 0.6) is 0 Å². The zero-order valence-corrected chi connectivity index (χ0v) is 5.53. The van der Waals surface area contributed by atoms with Gasteiger partial charge in [-0.2, -0.15) is 0 Å². The molecule has 0 aromatic heterocycles. The van der Waals surface area contributed by atoms with Crippen molar-refractivity contribution >= 4 is 0 Å². The molecule has 9 heavy (non-hydrogen) atoms. The van der Waals surface area contributed by atoms with Crippen molar-refractivity contribution < 1.29 is 17.9 Å². The van der Waals surface area contributed by atoms with E-state index in [9.17, 15) is 13.2 Å². The standard InChI is InChI=1S/C4H9FO.CH2F2/c1-3-4(5)6-2;2-1-3/h4H,3H2,1-2H3;1H2. The first kappa shape index (κ1) is 11.5. The highest BCUT2D eigenvalue weighted by Gasteiger charge is 1.93. The van der Waals surface area contributed by atoms with E-state index in [2.05, 4.69) is 4.74 Å². The van der Waals surface area contributed by atoms with Crippen molar-refractivity contribution in [2.45, 2.75) is 19.7 Å². The summed E-state index contributed by atoms with van der Waals surface area (Å²) in [5.74, 6) is 0. The van der Waals surface area contributed by atoms with Crippen LogP contribution in [0.25, 0.3) is 0 Å². The van der Waals surface area contributed by atoms with Crippen LogP contribution in [0, 0.1) is 0 Å². The van der Waals surface area contributed by atoms with Gasteiger partial charge in [-0.25, -0.2) is 13.2 Å². The maximum absolute atomic E-state index is 11.6. The van der Waals surface area contributed by atoms with Gasteiger partial charge in [-0.15, -0.1) is 0 Å². The van der Waals surface area contributed by atoms with Crippen LogP contribution in [-0.4, -0.2) is 20.4 Å². The average molecular weight is 144 g/mol. The van der Waals surface area contributed by atoms with E-state index < -0.39 is 13.3 Å². The predicted molar refractivity (Wildman–Crippen MR) is 29.3 cm³/mol. The lowest BCUT2D eigenvalue weighted by Gasteiger charge is -1.96. The van der Waals surface area contributed by atoms with Gasteiger partial charge in [-0.05, 0) is 0 Å². The summed E-state index contributed by atoms with van der Waals surface area (Å²) < 4.78 is 35.1. The van der Waals surface area contributed by atoms with E-state index in [1.807, 2.05) is 0 Å². The van der Waals surface area contributed by atoms with Gasteiger partial charge in [0.2, 0.25) is 6.93 Å². The van der Waals surface area contributed by atoms with Crippen LogP contribution in [0.3, 0.4) is 0 Å². The Kier molecular flexibility index (Phi) is 13.7. The molecule has 0 aliphatic heterocycles. The molecule has 1 nitrogen and oxygen atoms in total. The number of halogens is 3. The molecule has 0 bridgehead atoms. The van der Waals surface area contributed by atoms with Gasteiger partial charge in [0.15, 0.2) is 6.36 Å². The Bertz CT molecular complexity index is 39.2. The second-order valence-corrected chi connectivity index (χ2v) is 1.16. The van der Waals surface area contributed by atoms with Crippen LogP contribution in [-0.2, 0) is 4.74 Å². The van der Waals surface area contributed by atoms with E-state index in [4.69, 9.17) is 0 Å². The quantitative estimate of drug-likeness (QED) is 0.577. The summed E-state index contributed by atoms with van der Waals surface area (Å²) in [6.45, 7) is -0.0197. The molecule has 0 aliphatic rings. The first-order valence-corrected chi connectivity index (χ1v) is 2.51. The van der Waals surface area contributed by atoms with Gasteiger partial charge in [-0.3, -0.25) is 0 Å². The highest BCUT2D eigenvalue weighted by molar-refractivity contribution is 4.27. The molecular weight excluding hydrogens is 133 g/mol. The number of rotatable bonds is 2. The summed E-state index contributed by atoms with van der Waals surface area (Å²) in [6, 6.07) is 0. The minimum absolute atomic E-state index is 0.441. The predicted octanol–water partition coefficient (Wildman–Crippen LogP) is 2.22. The van der Waals surface area contributed by atoms with Crippen molar-refractivity contribution in [3.63, 3.8) is 0 Å². The number of hydrogen-bond donors (Lipinski definition) is 0. The summed E-state index contributed by atoms with van der Waals surface area (Å²) in [5, 5.41) is 0. The number of hydrogen-bond acceptors (Lipinski definition) is 1. The molecule has 0 saturated carbocycles. The van der Waals surface area contributed by atoms with Crippen molar-refractivity contribution in [3.8, 4) is 0 Å². The fourth-order valence-corrected chi connectivity index (χ4v) is 0.167. The summed E-state index contributed by atoms with van der Waals surface area (Å²) >= 11 is 0. The first-order chi connectivity index (χ1) is 4.22. The molecule has 4 heteroatoms. The Labute approximate surface area is 52.8 Å². The van der Waals surface area contributed by atoms with Crippen molar-refractivity contribution in [1.82, 2.24) is 0 Å². The molecule has 0 aliphatic carbocycles. The highest BCUT2D eigenvalue weighted by Crippen LogP contribution is 1.93. The minimum atomic E-state index is -1.75. The number of alkyl halides is 3. The fourth-order valence-electron chi connectivity index (χ4n) is 0.167. The minimum Gasteiger partial charge on any atom is -0.351 e. The van der Waals surface area contributed by atoms with Crippen LogP contribution in [0.2, 0.25) is 0 Å². The van der Waals surface area contributed by atoms with Crippen molar-refractivity contribution in [2.75, 3.05) is 14.0 Å². The van der Waals surface area contributed by atoms with Crippen molar-refractivity contribution in [1.29, 1.82) is 0 Å². The summed E-state index contributed by atoms with van der Waals surface area (Å²) in [4.78, 5) is 0. The molecule has 0 aromatic carbocycles. The molecule has 0 saturated heterocycles. The van der Waals surface area contributed by atoms with Gasteiger partial charge in [0.25, 0.3) is 0 Å². The smallest absolute Gasteiger partial charge is 0.229 e. The lowest BCUT2D eigenvalue weighted by atomic mass is 10.5. The number of methoxy groups -OCH3 is 1. The van der Waals surface area contributed by atoms with Crippen molar-refractivity contribution in [3.05, 3.63) is 0 Å². The van der Waals surface area contributed by atoms with E-state index in [-0.39, 0.29) is 0 Å². The topological polar surface area (TPSA) is 9.23 Å². The third-order valence-electron chi connectivity index (χ3n) is 0.577. The first-order valence-electron chi connectivity index (χ1n) is 2.51. The summed E-state index contributed by atoms with van der Waals surface area (Å²) in [6.07, 6.45) is -0.624. The maximum atomic E-state index is 11.6. The lowest BCUT2D eigenvalue weighted by molar-refractivity contribution is -0.00675. The lowest BCUT2D eigenvalue weighted by Crippen LogP contribution is -1.97. The Morgan fingerprint density at radius 1 is 1.44 bits per heavy atom. The SMILES string of the molecule is CCC(F)OC.FCF. The van der Waals surface area contributed by atoms with Crippen LogP contribution in [0.1, 0.15) is 13.3 Å². The zero-order valence-electron chi connectivity index (χ0n) is 5.53. The molecule has 58 valence electrons. The molecule has 0 spiro atoms. The normalized spacial score (nSPS) is 11.7. The van der Waals surface area contributed by atoms with Gasteiger partial charge < -0.3 is 4.74 Å². The third-order valence-corrected chi connectivity index (χ3v) is 0.577. The van der Waals surface area contributed by atoms with Gasteiger partial charge >= 0.3 is 0 Å². The van der Waals surface area contributed by atoms with Gasteiger partial charge in [-0.1, -0.05) is 6.92 Å². The van der Waals surface area contributed by atoms with Crippen LogP contribution < -0.4 is 0 Å². The fraction of sp³-hybridized carbons (Fsp3) is 1.00. The molecule has 1 unspecified atom stereocenters. The average Bonchev–Trinajstić information content (AvgIpc) is 1.88. The molecule has 0 aromatic rings. The largest absolute Gasteiger partial charge is 0.351 e. The Hall–Kier alpha value is -0.250. The van der Waals surface area contributed by atoms with Gasteiger partial charge in [0, 0.05) is 13.5 Å². The van der Waals surface area contributed by atoms with Crippen LogP contribution >= 0.6 is 0 Å². The van der Waals surface area contributed by atoms with E-state index in [1.165, 1.54) is 7.11 Å². The van der Waals surface area contributed by atoms with E-state index >= 15 is 0 Å². The molecule has 0 heterocycles. The van der Waals surface area contributed by atoms with Crippen molar-refractivity contribution in [2.24, 2.45) is 0 Å². The molecular formula is C5H11F3O. The highest BCUT2D eigenvalue weighted by atomic mass is 19.3. The third kappa shape index (κ3) is 18.2. The molecule has 0 N–H and O–H groups in total. The second kappa shape index (κ2) is 10.7. The zero-order chi connectivity index (χ0) is 7.70. The Morgan fingerprint density at radius 3 is 1.78 bits per heavy atom. The number of ether oxygens (including phenoxy) is 1. The molecule has 0 amide bonds. The Balaban J connectivity index is 0. The maximum Gasteiger partial charge on any atom is 0.229 e. The monoisotopic (exact) mass is 144 g/mol. The molecule has 0 rings (SSSR count). The van der Waals surface area contributed by atoms with Gasteiger partial charge in [0.1, 0.15) is 0 Å². The molecule has 0 fully saturated rings. The van der Waals surface area contributed by atoms with E-state index in [0.717, 1.165) is 0 Å². The van der Waals surface area contributed by atoms with Gasteiger partial charge in [0.05, 0.1) is 0 Å². The summed E-state index contributed by atoms with van der Waals surface area (Å²) in [5.41, 5.74) is 0. The van der Waals surface area contributed by atoms with E-state index in [1.54, 1.807) is 6.92 Å².